The first-order valence-electron chi connectivity index (χ1n) is 6.45. The van der Waals surface area contributed by atoms with Crippen LogP contribution in [0.2, 0.25) is 0 Å². The standard InChI is InChI=1S/C13H28N2O2/c1-11(2)8-15-12(17)9-14-10-13(3,4)6-5-7-16/h11,14,16H,5-10H2,1-4H3,(H,15,17). The summed E-state index contributed by atoms with van der Waals surface area (Å²) >= 11 is 0. The first kappa shape index (κ1) is 16.4. The molecule has 0 bridgehead atoms. The normalized spacial score (nSPS) is 11.9. The van der Waals surface area contributed by atoms with Crippen LogP contribution < -0.4 is 10.6 Å². The van der Waals surface area contributed by atoms with Crippen LogP contribution in [0.4, 0.5) is 0 Å². The van der Waals surface area contributed by atoms with Gasteiger partial charge >= 0.3 is 0 Å². The lowest BCUT2D eigenvalue weighted by molar-refractivity contribution is -0.120. The second kappa shape index (κ2) is 8.48. The van der Waals surface area contributed by atoms with Crippen molar-refractivity contribution in [2.24, 2.45) is 11.3 Å². The number of rotatable bonds is 9. The van der Waals surface area contributed by atoms with E-state index in [2.05, 4.69) is 38.3 Å². The molecule has 0 aromatic carbocycles. The van der Waals surface area contributed by atoms with E-state index < -0.39 is 0 Å². The van der Waals surface area contributed by atoms with Crippen LogP contribution in [0.25, 0.3) is 0 Å². The van der Waals surface area contributed by atoms with Gasteiger partial charge in [0.05, 0.1) is 6.54 Å². The molecule has 17 heavy (non-hydrogen) atoms. The molecule has 102 valence electrons. The first-order chi connectivity index (χ1) is 7.87. The summed E-state index contributed by atoms with van der Waals surface area (Å²) in [5.41, 5.74) is 0.126. The van der Waals surface area contributed by atoms with Crippen LogP contribution in [0.1, 0.15) is 40.5 Å². The van der Waals surface area contributed by atoms with Gasteiger partial charge in [0, 0.05) is 19.7 Å². The van der Waals surface area contributed by atoms with Crippen molar-refractivity contribution in [1.29, 1.82) is 0 Å². The summed E-state index contributed by atoms with van der Waals surface area (Å²) in [4.78, 5) is 11.4. The fraction of sp³-hybridized carbons (Fsp3) is 0.923. The second-order valence-electron chi connectivity index (χ2n) is 5.79. The van der Waals surface area contributed by atoms with Crippen molar-refractivity contribution in [1.82, 2.24) is 10.6 Å². The van der Waals surface area contributed by atoms with Gasteiger partial charge in [0.1, 0.15) is 0 Å². The molecule has 0 rings (SSSR count). The number of nitrogens with one attached hydrogen (secondary N) is 2. The third-order valence-corrected chi connectivity index (χ3v) is 2.61. The van der Waals surface area contributed by atoms with E-state index in [1.165, 1.54) is 0 Å². The Morgan fingerprint density at radius 1 is 1.35 bits per heavy atom. The van der Waals surface area contributed by atoms with E-state index in [1.807, 2.05) is 0 Å². The lowest BCUT2D eigenvalue weighted by atomic mass is 9.88. The molecule has 4 heteroatoms. The van der Waals surface area contributed by atoms with E-state index in [4.69, 9.17) is 5.11 Å². The van der Waals surface area contributed by atoms with E-state index in [-0.39, 0.29) is 17.9 Å². The molecule has 0 aliphatic heterocycles. The lowest BCUT2D eigenvalue weighted by Gasteiger charge is -2.24. The van der Waals surface area contributed by atoms with Gasteiger partial charge in [-0.05, 0) is 24.2 Å². The Bertz CT molecular complexity index is 215. The minimum atomic E-state index is 0.0525. The van der Waals surface area contributed by atoms with Gasteiger partial charge < -0.3 is 15.7 Å². The number of hydrogen-bond donors (Lipinski definition) is 3. The molecule has 0 radical (unpaired) electrons. The van der Waals surface area contributed by atoms with Crippen LogP contribution in [0, 0.1) is 11.3 Å². The third kappa shape index (κ3) is 10.3. The zero-order valence-corrected chi connectivity index (χ0v) is 11.7. The number of aliphatic hydroxyl groups is 1. The molecule has 3 N–H and O–H groups in total. The summed E-state index contributed by atoms with van der Waals surface area (Å²) in [5, 5.41) is 14.8. The molecule has 4 nitrogen and oxygen atoms in total. The Balaban J connectivity index is 3.64. The maximum Gasteiger partial charge on any atom is 0.233 e. The Labute approximate surface area is 105 Å². The highest BCUT2D eigenvalue weighted by atomic mass is 16.2. The van der Waals surface area contributed by atoms with E-state index in [0.717, 1.165) is 25.9 Å². The van der Waals surface area contributed by atoms with E-state index in [1.54, 1.807) is 0 Å². The summed E-state index contributed by atoms with van der Waals surface area (Å²) in [6.45, 7) is 10.6. The quantitative estimate of drug-likeness (QED) is 0.570. The molecule has 0 heterocycles. The Hall–Kier alpha value is -0.610. The van der Waals surface area contributed by atoms with E-state index in [0.29, 0.717) is 12.5 Å². The molecule has 0 saturated heterocycles. The summed E-state index contributed by atoms with van der Waals surface area (Å²) in [5.74, 6) is 0.539. The summed E-state index contributed by atoms with van der Waals surface area (Å²) in [7, 11) is 0. The number of amides is 1. The molecule has 0 aliphatic carbocycles. The molecule has 0 saturated carbocycles. The van der Waals surface area contributed by atoms with Gasteiger partial charge in [-0.15, -0.1) is 0 Å². The SMILES string of the molecule is CC(C)CNC(=O)CNCC(C)(C)CCCO. The van der Waals surface area contributed by atoms with Gasteiger partial charge in [0.2, 0.25) is 5.91 Å². The highest BCUT2D eigenvalue weighted by molar-refractivity contribution is 5.77. The van der Waals surface area contributed by atoms with Gasteiger partial charge in [0.25, 0.3) is 0 Å². The maximum absolute atomic E-state index is 11.4. The highest BCUT2D eigenvalue weighted by Gasteiger charge is 2.17. The van der Waals surface area contributed by atoms with Crippen molar-refractivity contribution in [3.8, 4) is 0 Å². The molecule has 1 amide bonds. The molecule has 0 fully saturated rings. The minimum Gasteiger partial charge on any atom is -0.396 e. The van der Waals surface area contributed by atoms with Crippen molar-refractivity contribution in [3.05, 3.63) is 0 Å². The molecular formula is C13H28N2O2. The van der Waals surface area contributed by atoms with Gasteiger partial charge in [-0.2, -0.15) is 0 Å². The van der Waals surface area contributed by atoms with E-state index >= 15 is 0 Å². The van der Waals surface area contributed by atoms with Crippen molar-refractivity contribution in [2.45, 2.75) is 40.5 Å². The molecule has 0 aliphatic rings. The Kier molecular flexibility index (Phi) is 8.17. The summed E-state index contributed by atoms with van der Waals surface area (Å²) in [6.07, 6.45) is 1.78. The first-order valence-corrected chi connectivity index (χ1v) is 6.45. The highest BCUT2D eigenvalue weighted by Crippen LogP contribution is 2.20. The van der Waals surface area contributed by atoms with Crippen LogP contribution in [0.3, 0.4) is 0 Å². The Morgan fingerprint density at radius 3 is 2.53 bits per heavy atom. The molecule has 0 aromatic rings. The number of carbonyl (C=O) groups is 1. The minimum absolute atomic E-state index is 0.0525. The second-order valence-corrected chi connectivity index (χ2v) is 5.79. The zero-order chi connectivity index (χ0) is 13.3. The molecule has 0 aromatic heterocycles. The van der Waals surface area contributed by atoms with Crippen LogP contribution in [-0.4, -0.2) is 37.3 Å². The topological polar surface area (TPSA) is 61.4 Å². The van der Waals surface area contributed by atoms with Gasteiger partial charge in [-0.25, -0.2) is 0 Å². The van der Waals surface area contributed by atoms with Crippen LogP contribution in [0.5, 0.6) is 0 Å². The smallest absolute Gasteiger partial charge is 0.233 e. The summed E-state index contributed by atoms with van der Waals surface area (Å²) < 4.78 is 0. The average molecular weight is 244 g/mol. The van der Waals surface area contributed by atoms with E-state index in [9.17, 15) is 4.79 Å². The van der Waals surface area contributed by atoms with Crippen LogP contribution >= 0.6 is 0 Å². The van der Waals surface area contributed by atoms with Gasteiger partial charge in [-0.3, -0.25) is 4.79 Å². The van der Waals surface area contributed by atoms with Crippen LogP contribution in [-0.2, 0) is 4.79 Å². The van der Waals surface area contributed by atoms with Gasteiger partial charge in [-0.1, -0.05) is 27.7 Å². The largest absolute Gasteiger partial charge is 0.396 e. The maximum atomic E-state index is 11.4. The average Bonchev–Trinajstić information content (AvgIpc) is 2.23. The molecular weight excluding hydrogens is 216 g/mol. The molecule has 0 atom stereocenters. The van der Waals surface area contributed by atoms with Crippen molar-refractivity contribution in [3.63, 3.8) is 0 Å². The predicted octanol–water partition coefficient (Wildman–Crippen LogP) is 1.15. The molecule has 0 unspecified atom stereocenters. The van der Waals surface area contributed by atoms with Crippen molar-refractivity contribution in [2.75, 3.05) is 26.2 Å². The third-order valence-electron chi connectivity index (χ3n) is 2.61. The zero-order valence-electron chi connectivity index (χ0n) is 11.7. The summed E-state index contributed by atoms with van der Waals surface area (Å²) in [6, 6.07) is 0. The number of carbonyl (C=O) groups excluding carboxylic acids is 1. The van der Waals surface area contributed by atoms with Gasteiger partial charge in [0.15, 0.2) is 0 Å². The van der Waals surface area contributed by atoms with Crippen molar-refractivity contribution < 1.29 is 9.90 Å². The lowest BCUT2D eigenvalue weighted by Crippen LogP contribution is -2.39. The Morgan fingerprint density at radius 2 is 2.00 bits per heavy atom. The fourth-order valence-corrected chi connectivity index (χ4v) is 1.54. The van der Waals surface area contributed by atoms with Crippen molar-refractivity contribution >= 4 is 5.91 Å². The molecule has 0 spiro atoms. The number of hydrogen-bond acceptors (Lipinski definition) is 3. The number of aliphatic hydroxyl groups excluding tert-OH is 1. The van der Waals surface area contributed by atoms with Crippen LogP contribution in [0.15, 0.2) is 0 Å². The fourth-order valence-electron chi connectivity index (χ4n) is 1.54. The predicted molar refractivity (Wildman–Crippen MR) is 70.8 cm³/mol. The monoisotopic (exact) mass is 244 g/mol.